The highest BCUT2D eigenvalue weighted by atomic mass is 19.2. The second-order valence-electron chi connectivity index (χ2n) is 2.69. The Hall–Kier alpha value is -1.98. The molecule has 0 saturated carbocycles. The minimum Gasteiger partial charge on any atom is -0.381 e. The molecule has 4 nitrogen and oxygen atoms in total. The maximum atomic E-state index is 12.8. The van der Waals surface area contributed by atoms with Crippen LogP contribution < -0.4 is 5.73 Å². The van der Waals surface area contributed by atoms with E-state index in [1.54, 1.807) is 0 Å². The summed E-state index contributed by atoms with van der Waals surface area (Å²) in [5, 5.41) is 7.13. The molecule has 0 atom stereocenters. The summed E-state index contributed by atoms with van der Waals surface area (Å²) in [5.41, 5.74) is 5.69. The van der Waals surface area contributed by atoms with Gasteiger partial charge in [0.25, 0.3) is 0 Å². The number of hydrogen-bond donors (Lipinski definition) is 1. The Morgan fingerprint density at radius 3 is 2.57 bits per heavy atom. The molecule has 2 N–H and O–H groups in total. The van der Waals surface area contributed by atoms with Crippen LogP contribution in [0.4, 0.5) is 14.6 Å². The fraction of sp³-hybridized carbons (Fsp3) is 0. The second kappa shape index (κ2) is 3.06. The summed E-state index contributed by atoms with van der Waals surface area (Å²) < 4.78 is 26.6. The molecule has 0 fully saturated rings. The molecule has 0 radical (unpaired) electrons. The number of nitrogens with zero attached hydrogens (tertiary/aromatic N) is 3. The first-order valence-corrected chi connectivity index (χ1v) is 3.80. The van der Waals surface area contributed by atoms with Gasteiger partial charge in [0.15, 0.2) is 17.5 Å². The molecule has 1 heterocycles. The number of hydrogen-bond acceptors (Lipinski definition) is 3. The van der Waals surface area contributed by atoms with Crippen LogP contribution in [-0.4, -0.2) is 15.0 Å². The van der Waals surface area contributed by atoms with E-state index in [-0.39, 0.29) is 5.82 Å². The minimum absolute atomic E-state index is 0.217. The van der Waals surface area contributed by atoms with E-state index in [1.165, 1.54) is 16.9 Å². The minimum atomic E-state index is -0.934. The molecule has 14 heavy (non-hydrogen) atoms. The third kappa shape index (κ3) is 1.41. The average Bonchev–Trinajstić information content (AvgIpc) is 2.57. The van der Waals surface area contributed by atoms with E-state index in [0.717, 1.165) is 12.1 Å². The molecule has 2 rings (SSSR count). The Bertz CT molecular complexity index is 466. The van der Waals surface area contributed by atoms with Crippen LogP contribution >= 0.6 is 0 Å². The van der Waals surface area contributed by atoms with E-state index in [2.05, 4.69) is 10.3 Å². The van der Waals surface area contributed by atoms with Crippen molar-refractivity contribution in [3.63, 3.8) is 0 Å². The predicted octanol–water partition coefficient (Wildman–Crippen LogP) is 1.13. The van der Waals surface area contributed by atoms with Gasteiger partial charge in [0.1, 0.15) is 0 Å². The lowest BCUT2D eigenvalue weighted by atomic mass is 10.3. The number of anilines is 1. The SMILES string of the molecule is Nc1cn(-c2ccc(F)c(F)c2)nn1. The predicted molar refractivity (Wildman–Crippen MR) is 45.7 cm³/mol. The standard InChI is InChI=1S/C8H6F2N4/c9-6-2-1-5(3-7(6)10)14-4-8(11)12-13-14/h1-4H,11H2. The van der Waals surface area contributed by atoms with Gasteiger partial charge in [0.05, 0.1) is 11.9 Å². The molecule has 0 aliphatic heterocycles. The van der Waals surface area contributed by atoms with Crippen molar-refractivity contribution >= 4 is 5.82 Å². The van der Waals surface area contributed by atoms with E-state index >= 15 is 0 Å². The van der Waals surface area contributed by atoms with Crippen molar-refractivity contribution in [2.24, 2.45) is 0 Å². The van der Waals surface area contributed by atoms with Crippen LogP contribution in [-0.2, 0) is 0 Å². The molecule has 72 valence electrons. The average molecular weight is 196 g/mol. The molecule has 0 aliphatic carbocycles. The summed E-state index contributed by atoms with van der Waals surface area (Å²) in [6.45, 7) is 0. The van der Waals surface area contributed by atoms with Gasteiger partial charge >= 0.3 is 0 Å². The third-order valence-electron chi connectivity index (χ3n) is 1.68. The topological polar surface area (TPSA) is 56.7 Å². The van der Waals surface area contributed by atoms with Gasteiger partial charge in [-0.1, -0.05) is 5.21 Å². The van der Waals surface area contributed by atoms with Crippen molar-refractivity contribution in [1.29, 1.82) is 0 Å². The summed E-state index contributed by atoms with van der Waals surface area (Å²) in [4.78, 5) is 0. The lowest BCUT2D eigenvalue weighted by molar-refractivity contribution is 0.507. The van der Waals surface area contributed by atoms with Crippen LogP contribution in [0.3, 0.4) is 0 Å². The molecule has 2 aromatic rings. The van der Waals surface area contributed by atoms with Gasteiger partial charge in [-0.25, -0.2) is 13.5 Å². The highest BCUT2D eigenvalue weighted by molar-refractivity contribution is 5.34. The molecular formula is C8H6F2N4. The maximum absolute atomic E-state index is 12.8. The molecular weight excluding hydrogens is 190 g/mol. The van der Waals surface area contributed by atoms with Gasteiger partial charge in [-0.2, -0.15) is 0 Å². The fourth-order valence-corrected chi connectivity index (χ4v) is 1.03. The molecule has 0 saturated heterocycles. The summed E-state index contributed by atoms with van der Waals surface area (Å²) in [5.74, 6) is -1.62. The molecule has 0 unspecified atom stereocenters. The Balaban J connectivity index is 2.47. The van der Waals surface area contributed by atoms with Crippen molar-refractivity contribution in [1.82, 2.24) is 15.0 Å². The summed E-state index contributed by atoms with van der Waals surface area (Å²) in [7, 11) is 0. The van der Waals surface area contributed by atoms with Crippen LogP contribution in [0.25, 0.3) is 5.69 Å². The van der Waals surface area contributed by atoms with E-state index in [9.17, 15) is 8.78 Å². The number of nitrogens with two attached hydrogens (primary N) is 1. The molecule has 1 aromatic carbocycles. The van der Waals surface area contributed by atoms with Gasteiger partial charge in [0, 0.05) is 6.07 Å². The molecule has 0 aliphatic rings. The first kappa shape index (κ1) is 8.61. The molecule has 1 aromatic heterocycles. The monoisotopic (exact) mass is 196 g/mol. The van der Waals surface area contributed by atoms with Gasteiger partial charge in [-0.15, -0.1) is 5.10 Å². The summed E-state index contributed by atoms with van der Waals surface area (Å²) in [6.07, 6.45) is 1.41. The lowest BCUT2D eigenvalue weighted by Crippen LogP contribution is -1.96. The number of aromatic nitrogens is 3. The molecule has 0 spiro atoms. The quantitative estimate of drug-likeness (QED) is 0.743. The number of nitrogen functional groups attached to an aromatic ring is 1. The summed E-state index contributed by atoms with van der Waals surface area (Å²) >= 11 is 0. The van der Waals surface area contributed by atoms with Crippen LogP contribution in [0, 0.1) is 11.6 Å². The van der Waals surface area contributed by atoms with Crippen LogP contribution in [0.2, 0.25) is 0 Å². The van der Waals surface area contributed by atoms with Crippen LogP contribution in [0.1, 0.15) is 0 Å². The van der Waals surface area contributed by atoms with Gasteiger partial charge in [-0.05, 0) is 12.1 Å². The van der Waals surface area contributed by atoms with E-state index < -0.39 is 11.6 Å². The Morgan fingerprint density at radius 2 is 2.00 bits per heavy atom. The molecule has 6 heteroatoms. The number of rotatable bonds is 1. The molecule has 0 bridgehead atoms. The normalized spacial score (nSPS) is 10.4. The van der Waals surface area contributed by atoms with Crippen molar-refractivity contribution in [2.75, 3.05) is 5.73 Å². The Kier molecular flexibility index (Phi) is 1.88. The van der Waals surface area contributed by atoms with Crippen molar-refractivity contribution in [3.8, 4) is 5.69 Å². The van der Waals surface area contributed by atoms with Gasteiger partial charge in [-0.3, -0.25) is 0 Å². The van der Waals surface area contributed by atoms with Gasteiger partial charge in [0.2, 0.25) is 0 Å². The third-order valence-corrected chi connectivity index (χ3v) is 1.68. The van der Waals surface area contributed by atoms with Crippen molar-refractivity contribution < 1.29 is 8.78 Å². The van der Waals surface area contributed by atoms with Crippen LogP contribution in [0.15, 0.2) is 24.4 Å². The smallest absolute Gasteiger partial charge is 0.166 e. The lowest BCUT2D eigenvalue weighted by Gasteiger charge is -1.99. The zero-order chi connectivity index (χ0) is 10.1. The van der Waals surface area contributed by atoms with Crippen molar-refractivity contribution in [3.05, 3.63) is 36.0 Å². The molecule has 0 amide bonds. The number of benzene rings is 1. The zero-order valence-corrected chi connectivity index (χ0v) is 6.98. The Labute approximate surface area is 78.0 Å². The first-order chi connectivity index (χ1) is 6.66. The van der Waals surface area contributed by atoms with Crippen LogP contribution in [0.5, 0.6) is 0 Å². The largest absolute Gasteiger partial charge is 0.381 e. The highest BCUT2D eigenvalue weighted by Crippen LogP contribution is 2.12. The Morgan fingerprint density at radius 1 is 1.21 bits per heavy atom. The fourth-order valence-electron chi connectivity index (χ4n) is 1.03. The van der Waals surface area contributed by atoms with Crippen molar-refractivity contribution in [2.45, 2.75) is 0 Å². The maximum Gasteiger partial charge on any atom is 0.166 e. The first-order valence-electron chi connectivity index (χ1n) is 3.80. The number of halogens is 2. The zero-order valence-electron chi connectivity index (χ0n) is 6.98. The van der Waals surface area contributed by atoms with E-state index in [1.807, 2.05) is 0 Å². The van der Waals surface area contributed by atoms with E-state index in [0.29, 0.717) is 5.69 Å². The van der Waals surface area contributed by atoms with Gasteiger partial charge < -0.3 is 5.73 Å². The summed E-state index contributed by atoms with van der Waals surface area (Å²) in [6, 6.07) is 3.42. The second-order valence-corrected chi connectivity index (χ2v) is 2.69. The highest BCUT2D eigenvalue weighted by Gasteiger charge is 2.05. The van der Waals surface area contributed by atoms with E-state index in [4.69, 9.17) is 5.73 Å².